The Balaban J connectivity index is 1.85. The Kier molecular flexibility index (Phi) is 4.95. The first-order valence-corrected chi connectivity index (χ1v) is 7.68. The van der Waals surface area contributed by atoms with Crippen LogP contribution in [-0.2, 0) is 9.53 Å². The first kappa shape index (κ1) is 16.5. The van der Waals surface area contributed by atoms with Crippen molar-refractivity contribution in [3.8, 4) is 11.5 Å². The molecule has 25 heavy (non-hydrogen) atoms. The smallest absolute Gasteiger partial charge is 0.363 e. The molecular formula is C20H17NO4. The van der Waals surface area contributed by atoms with Crippen LogP contribution in [0.2, 0.25) is 0 Å². The summed E-state index contributed by atoms with van der Waals surface area (Å²) in [6, 6.07) is 14.9. The van der Waals surface area contributed by atoms with Gasteiger partial charge in [0.25, 0.3) is 0 Å². The quantitative estimate of drug-likeness (QED) is 0.617. The lowest BCUT2D eigenvalue weighted by atomic mass is 10.1. The van der Waals surface area contributed by atoms with E-state index in [2.05, 4.69) is 4.99 Å². The van der Waals surface area contributed by atoms with Gasteiger partial charge in [-0.3, -0.25) is 0 Å². The molecule has 1 aliphatic rings. The van der Waals surface area contributed by atoms with Crippen molar-refractivity contribution in [3.05, 3.63) is 71.4 Å². The molecule has 0 N–H and O–H groups in total. The van der Waals surface area contributed by atoms with Crippen LogP contribution in [0.25, 0.3) is 12.2 Å². The van der Waals surface area contributed by atoms with Crippen LogP contribution in [0, 0.1) is 0 Å². The molecule has 0 aromatic heterocycles. The maximum absolute atomic E-state index is 12.0. The minimum Gasteiger partial charge on any atom is -0.496 e. The summed E-state index contributed by atoms with van der Waals surface area (Å²) >= 11 is 0. The van der Waals surface area contributed by atoms with Crippen LogP contribution < -0.4 is 9.47 Å². The molecule has 126 valence electrons. The Morgan fingerprint density at radius 3 is 2.16 bits per heavy atom. The number of rotatable bonds is 5. The molecule has 5 heteroatoms. The highest BCUT2D eigenvalue weighted by molar-refractivity contribution is 6.11. The zero-order valence-electron chi connectivity index (χ0n) is 13.9. The molecule has 0 atom stereocenters. The van der Waals surface area contributed by atoms with Crippen LogP contribution in [0.15, 0.2) is 65.3 Å². The van der Waals surface area contributed by atoms with Gasteiger partial charge >= 0.3 is 5.97 Å². The third-order valence-corrected chi connectivity index (χ3v) is 3.61. The minimum atomic E-state index is -0.495. The van der Waals surface area contributed by atoms with E-state index in [1.54, 1.807) is 32.4 Å². The van der Waals surface area contributed by atoms with E-state index in [0.717, 1.165) is 16.9 Å². The Labute approximate surface area is 145 Å². The lowest BCUT2D eigenvalue weighted by Crippen LogP contribution is -2.01. The first-order chi connectivity index (χ1) is 12.2. The molecule has 1 heterocycles. The normalized spacial score (nSPS) is 15.4. The van der Waals surface area contributed by atoms with Gasteiger partial charge in [0.1, 0.15) is 11.5 Å². The van der Waals surface area contributed by atoms with Crippen molar-refractivity contribution in [3.63, 3.8) is 0 Å². The lowest BCUT2D eigenvalue weighted by molar-refractivity contribution is -0.129. The third-order valence-electron chi connectivity index (χ3n) is 3.61. The molecule has 0 amide bonds. The van der Waals surface area contributed by atoms with Gasteiger partial charge in [0, 0.05) is 17.2 Å². The number of ether oxygens (including phenoxy) is 3. The highest BCUT2D eigenvalue weighted by atomic mass is 16.6. The van der Waals surface area contributed by atoms with Gasteiger partial charge in [0.2, 0.25) is 5.90 Å². The van der Waals surface area contributed by atoms with E-state index in [4.69, 9.17) is 14.2 Å². The number of methoxy groups -OCH3 is 2. The van der Waals surface area contributed by atoms with Gasteiger partial charge in [0.15, 0.2) is 5.70 Å². The maximum atomic E-state index is 12.0. The third kappa shape index (κ3) is 3.77. The van der Waals surface area contributed by atoms with Gasteiger partial charge in [-0.25, -0.2) is 9.79 Å². The number of hydrogen-bond acceptors (Lipinski definition) is 5. The van der Waals surface area contributed by atoms with Gasteiger partial charge in [-0.05, 0) is 24.3 Å². The molecule has 0 radical (unpaired) electrons. The van der Waals surface area contributed by atoms with E-state index in [0.29, 0.717) is 5.75 Å². The van der Waals surface area contributed by atoms with E-state index < -0.39 is 5.97 Å². The fourth-order valence-corrected chi connectivity index (χ4v) is 2.40. The first-order valence-electron chi connectivity index (χ1n) is 7.68. The molecule has 0 bridgehead atoms. The zero-order valence-corrected chi connectivity index (χ0v) is 13.9. The zero-order chi connectivity index (χ0) is 17.6. The Morgan fingerprint density at radius 2 is 1.48 bits per heavy atom. The summed E-state index contributed by atoms with van der Waals surface area (Å²) < 4.78 is 15.7. The number of aliphatic imine (C=N–C) groups is 1. The summed E-state index contributed by atoms with van der Waals surface area (Å²) in [6.07, 6.45) is 5.07. The number of hydrogen-bond donors (Lipinski definition) is 0. The van der Waals surface area contributed by atoms with Gasteiger partial charge in [0.05, 0.1) is 14.2 Å². The second-order valence-electron chi connectivity index (χ2n) is 5.19. The molecule has 0 unspecified atom stereocenters. The summed E-state index contributed by atoms with van der Waals surface area (Å²) in [5, 5.41) is 0. The Hall–Kier alpha value is -3.34. The molecule has 3 rings (SSSR count). The van der Waals surface area contributed by atoms with Crippen LogP contribution in [0.5, 0.6) is 11.5 Å². The van der Waals surface area contributed by atoms with Crippen molar-refractivity contribution >= 4 is 24.0 Å². The molecule has 0 aliphatic carbocycles. The van der Waals surface area contributed by atoms with Crippen molar-refractivity contribution in [2.24, 2.45) is 4.99 Å². The summed E-state index contributed by atoms with van der Waals surface area (Å²) in [7, 11) is 3.18. The minimum absolute atomic E-state index is 0.226. The number of carbonyl (C=O) groups is 1. The second-order valence-corrected chi connectivity index (χ2v) is 5.19. The van der Waals surface area contributed by atoms with E-state index in [9.17, 15) is 4.79 Å². The largest absolute Gasteiger partial charge is 0.496 e. The Bertz CT molecular complexity index is 881. The summed E-state index contributed by atoms with van der Waals surface area (Å²) in [5.74, 6) is 1.13. The fourth-order valence-electron chi connectivity index (χ4n) is 2.40. The van der Waals surface area contributed by atoms with E-state index in [1.807, 2.05) is 48.5 Å². The topological polar surface area (TPSA) is 57.1 Å². The summed E-state index contributed by atoms with van der Waals surface area (Å²) in [5.41, 5.74) is 1.85. The number of nitrogens with zero attached hydrogens (tertiary/aromatic N) is 1. The molecule has 5 nitrogen and oxygen atoms in total. The molecule has 0 saturated carbocycles. The van der Waals surface area contributed by atoms with Crippen LogP contribution in [0.4, 0.5) is 0 Å². The van der Waals surface area contributed by atoms with E-state index >= 15 is 0 Å². The molecule has 2 aromatic carbocycles. The molecule has 0 fully saturated rings. The number of benzene rings is 2. The maximum Gasteiger partial charge on any atom is 0.363 e. The average Bonchev–Trinajstić information content (AvgIpc) is 3.00. The second kappa shape index (κ2) is 7.49. The lowest BCUT2D eigenvalue weighted by Gasteiger charge is -2.03. The number of esters is 1. The van der Waals surface area contributed by atoms with Crippen molar-refractivity contribution in [2.75, 3.05) is 14.2 Å². The van der Waals surface area contributed by atoms with Crippen molar-refractivity contribution in [1.29, 1.82) is 0 Å². The molecule has 2 aromatic rings. The predicted molar refractivity (Wildman–Crippen MR) is 96.5 cm³/mol. The summed E-state index contributed by atoms with van der Waals surface area (Å²) in [6.45, 7) is 0. The van der Waals surface area contributed by atoms with Crippen LogP contribution in [0.3, 0.4) is 0 Å². The highest BCUT2D eigenvalue weighted by Crippen LogP contribution is 2.24. The van der Waals surface area contributed by atoms with Crippen molar-refractivity contribution in [1.82, 2.24) is 0 Å². The predicted octanol–water partition coefficient (Wildman–Crippen LogP) is 3.71. The van der Waals surface area contributed by atoms with Gasteiger partial charge < -0.3 is 14.2 Å². The van der Waals surface area contributed by atoms with Crippen LogP contribution >= 0.6 is 0 Å². The van der Waals surface area contributed by atoms with Crippen molar-refractivity contribution < 1.29 is 19.0 Å². The molecule has 1 aliphatic heterocycles. The van der Waals surface area contributed by atoms with Crippen molar-refractivity contribution in [2.45, 2.75) is 0 Å². The molecule has 0 saturated heterocycles. The SMILES string of the molecule is COc1ccccc1C=CC1=NC(=Cc2ccccc2OC)C(=O)O1. The van der Waals surface area contributed by atoms with Crippen LogP contribution in [0.1, 0.15) is 11.1 Å². The monoisotopic (exact) mass is 335 g/mol. The number of para-hydroxylation sites is 2. The molecule has 0 spiro atoms. The van der Waals surface area contributed by atoms with E-state index in [-0.39, 0.29) is 11.6 Å². The number of cyclic esters (lactones) is 1. The van der Waals surface area contributed by atoms with Crippen LogP contribution in [-0.4, -0.2) is 26.1 Å². The highest BCUT2D eigenvalue weighted by Gasteiger charge is 2.21. The molecular weight excluding hydrogens is 318 g/mol. The summed E-state index contributed by atoms with van der Waals surface area (Å²) in [4.78, 5) is 16.3. The van der Waals surface area contributed by atoms with Gasteiger partial charge in [-0.1, -0.05) is 36.4 Å². The van der Waals surface area contributed by atoms with Gasteiger partial charge in [-0.15, -0.1) is 0 Å². The Morgan fingerprint density at radius 1 is 0.880 bits per heavy atom. The fraction of sp³-hybridized carbons (Fsp3) is 0.100. The average molecular weight is 335 g/mol. The number of carbonyl (C=O) groups excluding carboxylic acids is 1. The van der Waals surface area contributed by atoms with E-state index in [1.165, 1.54) is 0 Å². The standard InChI is InChI=1S/C20H17NO4/c1-23-17-9-5-3-7-14(17)11-12-19-21-16(20(22)25-19)13-15-8-4-6-10-18(15)24-2/h3-13H,1-2H3. The van der Waals surface area contributed by atoms with Gasteiger partial charge in [-0.2, -0.15) is 0 Å².